The summed E-state index contributed by atoms with van der Waals surface area (Å²) in [4.78, 5) is 13.2. The smallest absolute Gasteiger partial charge is 0.219 e. The Kier molecular flexibility index (Phi) is 6.14. The molecule has 0 aromatic rings. The van der Waals surface area contributed by atoms with E-state index in [4.69, 9.17) is 4.74 Å². The molecule has 4 nitrogen and oxygen atoms in total. The molecule has 0 radical (unpaired) electrons. The van der Waals surface area contributed by atoms with Gasteiger partial charge in [-0.05, 0) is 0 Å². The van der Waals surface area contributed by atoms with Gasteiger partial charge in [0.1, 0.15) is 0 Å². The second-order valence-corrected chi connectivity index (χ2v) is 7.01. The summed E-state index contributed by atoms with van der Waals surface area (Å²) in [5.74, 6) is 5.07. The highest BCUT2D eigenvalue weighted by molar-refractivity contribution is 8.03. The van der Waals surface area contributed by atoms with Crippen LogP contribution >= 0.6 is 23.5 Å². The Labute approximate surface area is 118 Å². The SMILES string of the molecule is CC(=O)N1CCO[C@H](CNC2CSCCSC2)C1. The molecule has 18 heavy (non-hydrogen) atoms. The van der Waals surface area contributed by atoms with Gasteiger partial charge in [0, 0.05) is 55.6 Å². The number of ether oxygens (including phenoxy) is 1. The maximum Gasteiger partial charge on any atom is 0.219 e. The molecule has 0 aromatic heterocycles. The first-order valence-corrected chi connectivity index (χ1v) is 8.82. The Bertz CT molecular complexity index is 271. The molecule has 2 fully saturated rings. The lowest BCUT2D eigenvalue weighted by Crippen LogP contribution is -2.50. The largest absolute Gasteiger partial charge is 0.373 e. The minimum atomic E-state index is 0.154. The number of carbonyl (C=O) groups excluding carboxylic acids is 1. The third-order valence-corrected chi connectivity index (χ3v) is 5.75. The number of nitrogens with zero attached hydrogens (tertiary/aromatic N) is 1. The van der Waals surface area contributed by atoms with Gasteiger partial charge >= 0.3 is 0 Å². The first kappa shape index (κ1) is 14.5. The van der Waals surface area contributed by atoms with Crippen LogP contribution in [0, 0.1) is 0 Å². The second kappa shape index (κ2) is 7.62. The lowest BCUT2D eigenvalue weighted by atomic mass is 10.2. The molecule has 104 valence electrons. The van der Waals surface area contributed by atoms with Crippen molar-refractivity contribution < 1.29 is 9.53 Å². The topological polar surface area (TPSA) is 41.6 Å². The molecule has 1 N–H and O–H groups in total. The van der Waals surface area contributed by atoms with Crippen LogP contribution in [0.5, 0.6) is 0 Å². The summed E-state index contributed by atoms with van der Waals surface area (Å²) in [6, 6.07) is 0.582. The Morgan fingerprint density at radius 2 is 2.11 bits per heavy atom. The van der Waals surface area contributed by atoms with Crippen LogP contribution in [0.1, 0.15) is 6.92 Å². The number of rotatable bonds is 3. The van der Waals surface area contributed by atoms with Crippen LogP contribution in [0.3, 0.4) is 0 Å². The summed E-state index contributed by atoms with van der Waals surface area (Å²) < 4.78 is 5.71. The molecule has 0 saturated carbocycles. The van der Waals surface area contributed by atoms with E-state index in [-0.39, 0.29) is 12.0 Å². The molecule has 2 saturated heterocycles. The zero-order valence-electron chi connectivity index (χ0n) is 10.9. The van der Waals surface area contributed by atoms with E-state index in [1.54, 1.807) is 6.92 Å². The Morgan fingerprint density at radius 1 is 1.39 bits per heavy atom. The van der Waals surface area contributed by atoms with Crippen LogP contribution in [0.15, 0.2) is 0 Å². The minimum Gasteiger partial charge on any atom is -0.373 e. The number of nitrogens with one attached hydrogen (secondary N) is 1. The van der Waals surface area contributed by atoms with E-state index in [0.29, 0.717) is 12.6 Å². The first-order valence-electron chi connectivity index (χ1n) is 6.51. The summed E-state index contributed by atoms with van der Waals surface area (Å²) in [7, 11) is 0. The molecule has 2 rings (SSSR count). The Balaban J connectivity index is 1.70. The fraction of sp³-hybridized carbons (Fsp3) is 0.917. The quantitative estimate of drug-likeness (QED) is 0.827. The average molecular weight is 290 g/mol. The van der Waals surface area contributed by atoms with Crippen molar-refractivity contribution in [2.75, 3.05) is 49.3 Å². The van der Waals surface area contributed by atoms with Gasteiger partial charge in [0.2, 0.25) is 5.91 Å². The van der Waals surface area contributed by atoms with E-state index in [9.17, 15) is 4.79 Å². The Morgan fingerprint density at radius 3 is 2.78 bits per heavy atom. The molecule has 0 spiro atoms. The lowest BCUT2D eigenvalue weighted by molar-refractivity contribution is -0.136. The maximum atomic E-state index is 11.3. The van der Waals surface area contributed by atoms with Gasteiger partial charge in [-0.15, -0.1) is 0 Å². The van der Waals surface area contributed by atoms with Crippen LogP contribution in [0.25, 0.3) is 0 Å². The van der Waals surface area contributed by atoms with Crippen molar-refractivity contribution in [3.8, 4) is 0 Å². The van der Waals surface area contributed by atoms with Crippen LogP contribution < -0.4 is 5.32 Å². The molecule has 1 amide bonds. The number of hydrogen-bond donors (Lipinski definition) is 1. The van der Waals surface area contributed by atoms with Crippen molar-refractivity contribution in [2.45, 2.75) is 19.1 Å². The fourth-order valence-electron chi connectivity index (χ4n) is 2.16. The van der Waals surface area contributed by atoms with Crippen molar-refractivity contribution in [3.63, 3.8) is 0 Å². The number of morpholine rings is 1. The van der Waals surface area contributed by atoms with Crippen LogP contribution in [0.2, 0.25) is 0 Å². The summed E-state index contributed by atoms with van der Waals surface area (Å²) in [6.07, 6.45) is 0.154. The zero-order valence-corrected chi connectivity index (χ0v) is 12.5. The van der Waals surface area contributed by atoms with Crippen molar-refractivity contribution in [3.05, 3.63) is 0 Å². The standard InChI is InChI=1S/C12H22N2O2S2/c1-10(15)14-2-3-16-12(7-14)6-13-11-8-17-4-5-18-9-11/h11-13H,2-9H2,1H3/t12-/m1/s1. The molecular weight excluding hydrogens is 268 g/mol. The summed E-state index contributed by atoms with van der Waals surface area (Å²) >= 11 is 4.05. The third kappa shape index (κ3) is 4.64. The molecule has 0 aromatic carbocycles. The van der Waals surface area contributed by atoms with Gasteiger partial charge in [-0.25, -0.2) is 0 Å². The van der Waals surface area contributed by atoms with E-state index < -0.39 is 0 Å². The van der Waals surface area contributed by atoms with Gasteiger partial charge in [0.05, 0.1) is 12.7 Å². The highest BCUT2D eigenvalue weighted by atomic mass is 32.2. The molecule has 0 bridgehead atoms. The van der Waals surface area contributed by atoms with E-state index >= 15 is 0 Å². The third-order valence-electron chi connectivity index (χ3n) is 3.23. The van der Waals surface area contributed by atoms with Crippen molar-refractivity contribution in [2.24, 2.45) is 0 Å². The van der Waals surface area contributed by atoms with Crippen LogP contribution in [-0.4, -0.2) is 72.2 Å². The van der Waals surface area contributed by atoms with Crippen molar-refractivity contribution in [1.82, 2.24) is 10.2 Å². The van der Waals surface area contributed by atoms with Crippen molar-refractivity contribution >= 4 is 29.4 Å². The Hall–Kier alpha value is 0.0900. The fourth-order valence-corrected chi connectivity index (χ4v) is 4.63. The van der Waals surface area contributed by atoms with Gasteiger partial charge in [-0.1, -0.05) is 0 Å². The van der Waals surface area contributed by atoms with Gasteiger partial charge in [0.15, 0.2) is 0 Å². The normalized spacial score (nSPS) is 26.9. The molecule has 2 heterocycles. The molecule has 0 aliphatic carbocycles. The van der Waals surface area contributed by atoms with Gasteiger partial charge < -0.3 is 15.0 Å². The van der Waals surface area contributed by atoms with Gasteiger partial charge in [-0.3, -0.25) is 4.79 Å². The summed E-state index contributed by atoms with van der Waals surface area (Å²) in [6.45, 7) is 4.63. The average Bonchev–Trinajstić information content (AvgIpc) is 2.65. The number of carbonyl (C=O) groups is 1. The number of amides is 1. The molecule has 6 heteroatoms. The molecule has 1 atom stereocenters. The van der Waals surface area contributed by atoms with Crippen molar-refractivity contribution in [1.29, 1.82) is 0 Å². The summed E-state index contributed by atoms with van der Waals surface area (Å²) in [5.41, 5.74) is 0. The molecule has 0 unspecified atom stereocenters. The summed E-state index contributed by atoms with van der Waals surface area (Å²) in [5, 5.41) is 3.59. The molecular formula is C12H22N2O2S2. The van der Waals surface area contributed by atoms with Gasteiger partial charge in [-0.2, -0.15) is 23.5 Å². The zero-order chi connectivity index (χ0) is 12.8. The number of hydrogen-bond acceptors (Lipinski definition) is 5. The lowest BCUT2D eigenvalue weighted by Gasteiger charge is -2.33. The highest BCUT2D eigenvalue weighted by Crippen LogP contribution is 2.16. The van der Waals surface area contributed by atoms with E-state index in [1.165, 1.54) is 23.0 Å². The molecule has 2 aliphatic rings. The van der Waals surface area contributed by atoms with Crippen LogP contribution in [-0.2, 0) is 9.53 Å². The first-order chi connectivity index (χ1) is 8.75. The monoisotopic (exact) mass is 290 g/mol. The maximum absolute atomic E-state index is 11.3. The van der Waals surface area contributed by atoms with E-state index in [0.717, 1.165) is 19.6 Å². The predicted molar refractivity (Wildman–Crippen MR) is 78.4 cm³/mol. The molecule has 2 aliphatic heterocycles. The number of thioether (sulfide) groups is 2. The highest BCUT2D eigenvalue weighted by Gasteiger charge is 2.23. The van der Waals surface area contributed by atoms with Gasteiger partial charge in [0.25, 0.3) is 0 Å². The van der Waals surface area contributed by atoms with E-state index in [1.807, 2.05) is 28.4 Å². The second-order valence-electron chi connectivity index (χ2n) is 4.71. The predicted octanol–water partition coefficient (Wildman–Crippen LogP) is 0.672. The van der Waals surface area contributed by atoms with Crippen LogP contribution in [0.4, 0.5) is 0 Å². The van der Waals surface area contributed by atoms with E-state index in [2.05, 4.69) is 5.32 Å². The minimum absolute atomic E-state index is 0.154.